The molecule has 0 radical (unpaired) electrons. The van der Waals surface area contributed by atoms with Gasteiger partial charge in [0.1, 0.15) is 11.5 Å². The molecule has 1 rings (SSSR count). The van der Waals surface area contributed by atoms with E-state index >= 15 is 0 Å². The second-order valence-corrected chi connectivity index (χ2v) is 3.29. The van der Waals surface area contributed by atoms with Crippen molar-refractivity contribution >= 4 is 12.6 Å². The molecule has 0 saturated heterocycles. The van der Waals surface area contributed by atoms with Crippen LogP contribution in [0.4, 0.5) is 0 Å². The van der Waals surface area contributed by atoms with E-state index in [1.54, 1.807) is 14.2 Å². The van der Waals surface area contributed by atoms with Crippen molar-refractivity contribution in [3.8, 4) is 23.3 Å². The number of ether oxygens (including phenoxy) is 2. The molecule has 80 valence electrons. The van der Waals surface area contributed by atoms with Crippen LogP contribution in [0.15, 0.2) is 18.2 Å². The average molecular weight is 222 g/mol. The number of hydrogen-bond acceptors (Lipinski definition) is 3. The number of hydrogen-bond donors (Lipinski definition) is 1. The maximum atomic E-state index is 5.22. The third-order valence-corrected chi connectivity index (χ3v) is 2.09. The van der Waals surface area contributed by atoms with Crippen molar-refractivity contribution in [2.75, 3.05) is 20.0 Å². The highest BCUT2D eigenvalue weighted by atomic mass is 32.1. The van der Waals surface area contributed by atoms with Gasteiger partial charge in [0, 0.05) is 18.2 Å². The van der Waals surface area contributed by atoms with Crippen LogP contribution >= 0.6 is 12.6 Å². The lowest BCUT2D eigenvalue weighted by Gasteiger charge is -2.05. The first-order valence-electron chi connectivity index (χ1n) is 4.63. The molecule has 3 heteroatoms. The van der Waals surface area contributed by atoms with Gasteiger partial charge < -0.3 is 9.47 Å². The van der Waals surface area contributed by atoms with E-state index in [0.29, 0.717) is 0 Å². The van der Waals surface area contributed by atoms with Crippen LogP contribution in [0, 0.1) is 11.8 Å². The Morgan fingerprint density at radius 3 is 2.67 bits per heavy atom. The summed E-state index contributed by atoms with van der Waals surface area (Å²) >= 11 is 4.09. The van der Waals surface area contributed by atoms with Crippen LogP contribution in [0.5, 0.6) is 11.5 Å². The van der Waals surface area contributed by atoms with Crippen molar-refractivity contribution in [3.05, 3.63) is 23.8 Å². The molecule has 0 aliphatic rings. The molecule has 0 bridgehead atoms. The van der Waals surface area contributed by atoms with Crippen LogP contribution in [-0.2, 0) is 0 Å². The van der Waals surface area contributed by atoms with Gasteiger partial charge in [-0.2, -0.15) is 12.6 Å². The first-order chi connectivity index (χ1) is 7.31. The van der Waals surface area contributed by atoms with Crippen molar-refractivity contribution in [1.82, 2.24) is 0 Å². The van der Waals surface area contributed by atoms with Gasteiger partial charge in [-0.05, 0) is 12.1 Å². The van der Waals surface area contributed by atoms with Crippen LogP contribution < -0.4 is 9.47 Å². The fourth-order valence-electron chi connectivity index (χ4n) is 1.12. The van der Waals surface area contributed by atoms with Crippen molar-refractivity contribution in [2.24, 2.45) is 0 Å². The van der Waals surface area contributed by atoms with Gasteiger partial charge >= 0.3 is 0 Å². The summed E-state index contributed by atoms with van der Waals surface area (Å²) in [6.07, 6.45) is 0.776. The summed E-state index contributed by atoms with van der Waals surface area (Å²) in [4.78, 5) is 0. The molecular formula is C12H14O2S. The van der Waals surface area contributed by atoms with Gasteiger partial charge in [0.05, 0.1) is 19.8 Å². The van der Waals surface area contributed by atoms with E-state index in [0.717, 1.165) is 29.2 Å². The Kier molecular flexibility index (Phi) is 4.92. The van der Waals surface area contributed by atoms with E-state index in [-0.39, 0.29) is 0 Å². The fraction of sp³-hybridized carbons (Fsp3) is 0.333. The zero-order valence-electron chi connectivity index (χ0n) is 8.91. The van der Waals surface area contributed by atoms with Crippen molar-refractivity contribution in [2.45, 2.75) is 6.42 Å². The third-order valence-electron chi connectivity index (χ3n) is 1.87. The first kappa shape index (κ1) is 11.8. The van der Waals surface area contributed by atoms with Crippen LogP contribution in [0.3, 0.4) is 0 Å². The number of benzene rings is 1. The minimum absolute atomic E-state index is 0.737. The van der Waals surface area contributed by atoms with Gasteiger partial charge in [-0.3, -0.25) is 0 Å². The molecule has 0 amide bonds. The minimum Gasteiger partial charge on any atom is -0.497 e. The van der Waals surface area contributed by atoms with Gasteiger partial charge in [-0.25, -0.2) is 0 Å². The maximum absolute atomic E-state index is 5.22. The molecule has 0 aliphatic heterocycles. The zero-order valence-corrected chi connectivity index (χ0v) is 9.80. The van der Waals surface area contributed by atoms with E-state index in [9.17, 15) is 0 Å². The second kappa shape index (κ2) is 6.26. The van der Waals surface area contributed by atoms with Gasteiger partial charge in [0.15, 0.2) is 0 Å². The van der Waals surface area contributed by atoms with E-state index in [2.05, 4.69) is 24.5 Å². The van der Waals surface area contributed by atoms with E-state index in [4.69, 9.17) is 9.47 Å². The second-order valence-electron chi connectivity index (χ2n) is 2.84. The van der Waals surface area contributed by atoms with E-state index < -0.39 is 0 Å². The zero-order chi connectivity index (χ0) is 11.1. The Morgan fingerprint density at radius 2 is 2.07 bits per heavy atom. The molecule has 0 spiro atoms. The highest BCUT2D eigenvalue weighted by Gasteiger charge is 2.01. The van der Waals surface area contributed by atoms with Crippen molar-refractivity contribution in [1.29, 1.82) is 0 Å². The molecule has 1 aromatic carbocycles. The molecule has 0 saturated carbocycles. The Labute approximate surface area is 96.0 Å². The minimum atomic E-state index is 0.737. The molecule has 1 aromatic rings. The highest BCUT2D eigenvalue weighted by molar-refractivity contribution is 7.80. The van der Waals surface area contributed by atoms with E-state index in [1.165, 1.54) is 0 Å². The Bertz CT molecular complexity index is 377. The van der Waals surface area contributed by atoms with Gasteiger partial charge in [0.2, 0.25) is 0 Å². The molecule has 0 fully saturated rings. The summed E-state index contributed by atoms with van der Waals surface area (Å²) in [5.41, 5.74) is 0.875. The number of rotatable bonds is 3. The Hall–Kier alpha value is -1.27. The molecule has 0 N–H and O–H groups in total. The predicted molar refractivity (Wildman–Crippen MR) is 64.9 cm³/mol. The Morgan fingerprint density at radius 1 is 1.27 bits per heavy atom. The number of thiol groups is 1. The lowest BCUT2D eigenvalue weighted by molar-refractivity contribution is 0.393. The topological polar surface area (TPSA) is 18.5 Å². The number of methoxy groups -OCH3 is 2. The molecule has 2 nitrogen and oxygen atoms in total. The summed E-state index contributed by atoms with van der Waals surface area (Å²) in [6, 6.07) is 5.58. The molecule has 15 heavy (non-hydrogen) atoms. The fourth-order valence-corrected chi connectivity index (χ4v) is 1.23. The SMILES string of the molecule is COc1ccc(C#CCCS)c(OC)c1. The standard InChI is InChI=1S/C12H14O2S/c1-13-11-7-6-10(5-3-4-8-15)12(9-11)14-2/h6-7,9,15H,4,8H2,1-2H3. The largest absolute Gasteiger partial charge is 0.497 e. The molecule has 0 aromatic heterocycles. The van der Waals surface area contributed by atoms with Crippen LogP contribution in [0.25, 0.3) is 0 Å². The summed E-state index contributed by atoms with van der Waals surface area (Å²) in [5.74, 6) is 8.33. The van der Waals surface area contributed by atoms with Gasteiger partial charge in [-0.1, -0.05) is 11.8 Å². The quantitative estimate of drug-likeness (QED) is 0.625. The van der Waals surface area contributed by atoms with Crippen LogP contribution in [0.2, 0.25) is 0 Å². The lowest BCUT2D eigenvalue weighted by Crippen LogP contribution is -1.90. The molecule has 0 unspecified atom stereocenters. The monoisotopic (exact) mass is 222 g/mol. The first-order valence-corrected chi connectivity index (χ1v) is 5.27. The molecule has 0 atom stereocenters. The predicted octanol–water partition coefficient (Wildman–Crippen LogP) is 2.38. The molecular weight excluding hydrogens is 208 g/mol. The third kappa shape index (κ3) is 3.41. The van der Waals surface area contributed by atoms with Gasteiger partial charge in [0.25, 0.3) is 0 Å². The normalized spacial score (nSPS) is 9.00. The average Bonchev–Trinajstić information content (AvgIpc) is 2.29. The lowest BCUT2D eigenvalue weighted by atomic mass is 10.2. The van der Waals surface area contributed by atoms with Gasteiger partial charge in [-0.15, -0.1) is 0 Å². The molecule has 0 aliphatic carbocycles. The van der Waals surface area contributed by atoms with E-state index in [1.807, 2.05) is 18.2 Å². The Balaban J connectivity index is 2.93. The summed E-state index contributed by atoms with van der Waals surface area (Å²) in [6.45, 7) is 0. The summed E-state index contributed by atoms with van der Waals surface area (Å²) < 4.78 is 10.3. The summed E-state index contributed by atoms with van der Waals surface area (Å²) in [7, 11) is 3.25. The summed E-state index contributed by atoms with van der Waals surface area (Å²) in [5, 5.41) is 0. The van der Waals surface area contributed by atoms with Crippen molar-refractivity contribution < 1.29 is 9.47 Å². The van der Waals surface area contributed by atoms with Crippen LogP contribution in [0.1, 0.15) is 12.0 Å². The van der Waals surface area contributed by atoms with Crippen molar-refractivity contribution in [3.63, 3.8) is 0 Å². The van der Waals surface area contributed by atoms with Crippen LogP contribution in [-0.4, -0.2) is 20.0 Å². The smallest absolute Gasteiger partial charge is 0.138 e. The highest BCUT2D eigenvalue weighted by Crippen LogP contribution is 2.23. The molecule has 0 heterocycles. The maximum Gasteiger partial charge on any atom is 0.138 e.